The van der Waals surface area contributed by atoms with Crippen molar-refractivity contribution in [1.82, 2.24) is 4.98 Å². The Balaban J connectivity index is 3.44. The van der Waals surface area contributed by atoms with Crippen LogP contribution in [-0.2, 0) is 9.84 Å². The molecule has 0 amide bonds. The molecule has 0 saturated carbocycles. The minimum absolute atomic E-state index is 0.0746. The molecule has 76 valence electrons. The predicted octanol–water partition coefficient (Wildman–Crippen LogP) is 1.16. The number of hydrogen-bond donors (Lipinski definition) is 0. The molecule has 14 heavy (non-hydrogen) atoms. The number of aromatic nitrogens is 1. The van der Waals surface area contributed by atoms with Crippen LogP contribution in [0.25, 0.3) is 0 Å². The molecule has 1 aromatic rings. The fraction of sp³-hybridized carbons (Fsp3) is 0.167. The SMILES string of the molecule is CS(=O)(=O)c1cc([N+](=O)[O-])cnc1Br. The molecule has 0 unspecified atom stereocenters. The molecule has 0 saturated heterocycles. The molecule has 0 fully saturated rings. The molecule has 1 aromatic heterocycles. The van der Waals surface area contributed by atoms with Crippen molar-refractivity contribution < 1.29 is 13.3 Å². The summed E-state index contributed by atoms with van der Waals surface area (Å²) in [6.07, 6.45) is 1.94. The minimum atomic E-state index is -3.50. The van der Waals surface area contributed by atoms with E-state index in [-0.39, 0.29) is 15.2 Å². The molecule has 0 spiro atoms. The molecule has 0 bridgehead atoms. The Morgan fingerprint density at radius 1 is 1.57 bits per heavy atom. The van der Waals surface area contributed by atoms with Gasteiger partial charge < -0.3 is 0 Å². The van der Waals surface area contributed by atoms with E-state index in [4.69, 9.17) is 0 Å². The quantitative estimate of drug-likeness (QED) is 0.461. The highest BCUT2D eigenvalue weighted by Gasteiger charge is 2.17. The van der Waals surface area contributed by atoms with Gasteiger partial charge in [-0.1, -0.05) is 0 Å². The van der Waals surface area contributed by atoms with Gasteiger partial charge in [0.25, 0.3) is 5.69 Å². The highest BCUT2D eigenvalue weighted by Crippen LogP contribution is 2.23. The van der Waals surface area contributed by atoms with Gasteiger partial charge in [0.05, 0.1) is 4.92 Å². The summed E-state index contributed by atoms with van der Waals surface area (Å²) < 4.78 is 22.3. The molecule has 0 N–H and O–H groups in total. The van der Waals surface area contributed by atoms with Crippen LogP contribution in [0.2, 0.25) is 0 Å². The number of nitrogens with zero attached hydrogens (tertiary/aromatic N) is 2. The summed E-state index contributed by atoms with van der Waals surface area (Å²) >= 11 is 2.90. The third-order valence-electron chi connectivity index (χ3n) is 1.40. The van der Waals surface area contributed by atoms with Crippen LogP contribution in [0.4, 0.5) is 5.69 Å². The lowest BCUT2D eigenvalue weighted by atomic mass is 10.4. The number of halogens is 1. The van der Waals surface area contributed by atoms with Crippen LogP contribution < -0.4 is 0 Å². The van der Waals surface area contributed by atoms with Gasteiger partial charge >= 0.3 is 0 Å². The second-order valence-electron chi connectivity index (χ2n) is 2.51. The third kappa shape index (κ3) is 2.26. The van der Waals surface area contributed by atoms with E-state index in [2.05, 4.69) is 20.9 Å². The van der Waals surface area contributed by atoms with Crippen LogP contribution in [0, 0.1) is 10.1 Å². The Labute approximate surface area is 88.2 Å². The van der Waals surface area contributed by atoms with Crippen molar-refractivity contribution in [2.75, 3.05) is 6.26 Å². The standard InChI is InChI=1S/C6H5BrN2O4S/c1-14(12,13)5-2-4(9(10)11)3-8-6(5)7/h2-3H,1H3. The first-order valence-electron chi connectivity index (χ1n) is 3.32. The van der Waals surface area contributed by atoms with Gasteiger partial charge in [-0.15, -0.1) is 0 Å². The summed E-state index contributed by atoms with van der Waals surface area (Å²) in [5.74, 6) is 0. The molecule has 1 heterocycles. The zero-order valence-corrected chi connectivity index (χ0v) is 9.37. The molecular formula is C6H5BrN2O4S. The van der Waals surface area contributed by atoms with E-state index in [0.29, 0.717) is 0 Å². The summed E-state index contributed by atoms with van der Waals surface area (Å²) in [5, 5.41) is 10.3. The summed E-state index contributed by atoms with van der Waals surface area (Å²) in [7, 11) is -3.50. The second-order valence-corrected chi connectivity index (χ2v) is 5.25. The third-order valence-corrected chi connectivity index (χ3v) is 3.41. The topological polar surface area (TPSA) is 90.2 Å². The van der Waals surface area contributed by atoms with E-state index in [0.717, 1.165) is 18.5 Å². The second kappa shape index (κ2) is 3.62. The van der Waals surface area contributed by atoms with Crippen molar-refractivity contribution in [1.29, 1.82) is 0 Å². The number of hydrogen-bond acceptors (Lipinski definition) is 5. The summed E-state index contributed by atoms with van der Waals surface area (Å²) in [6, 6.07) is 0.965. The zero-order chi connectivity index (χ0) is 10.9. The predicted molar refractivity (Wildman–Crippen MR) is 51.7 cm³/mol. The van der Waals surface area contributed by atoms with Gasteiger partial charge in [0.1, 0.15) is 15.7 Å². The van der Waals surface area contributed by atoms with E-state index < -0.39 is 14.8 Å². The summed E-state index contributed by atoms with van der Waals surface area (Å²) in [5.41, 5.74) is -0.353. The van der Waals surface area contributed by atoms with Crippen LogP contribution in [0.3, 0.4) is 0 Å². The van der Waals surface area contributed by atoms with Gasteiger partial charge in [-0.3, -0.25) is 10.1 Å². The van der Waals surface area contributed by atoms with Gasteiger partial charge in [-0.05, 0) is 15.9 Å². The maximum Gasteiger partial charge on any atom is 0.288 e. The zero-order valence-electron chi connectivity index (χ0n) is 6.97. The first kappa shape index (κ1) is 11.1. The van der Waals surface area contributed by atoms with Gasteiger partial charge in [0.15, 0.2) is 9.84 Å². The lowest BCUT2D eigenvalue weighted by molar-refractivity contribution is -0.385. The van der Waals surface area contributed by atoms with Crippen LogP contribution in [-0.4, -0.2) is 24.6 Å². The first-order valence-corrected chi connectivity index (χ1v) is 6.01. The fourth-order valence-corrected chi connectivity index (χ4v) is 2.57. The van der Waals surface area contributed by atoms with Crippen LogP contribution in [0.5, 0.6) is 0 Å². The van der Waals surface area contributed by atoms with Gasteiger partial charge in [-0.2, -0.15) is 0 Å². The molecule has 0 aliphatic rings. The molecule has 0 aliphatic carbocycles. The van der Waals surface area contributed by atoms with Crippen molar-refractivity contribution >= 4 is 31.5 Å². The molecule has 0 aliphatic heterocycles. The average molecular weight is 281 g/mol. The maximum absolute atomic E-state index is 11.1. The Hall–Kier alpha value is -1.02. The number of nitro groups is 1. The van der Waals surface area contributed by atoms with Crippen molar-refractivity contribution in [3.8, 4) is 0 Å². The van der Waals surface area contributed by atoms with E-state index in [1.54, 1.807) is 0 Å². The largest absolute Gasteiger partial charge is 0.288 e. The van der Waals surface area contributed by atoms with E-state index >= 15 is 0 Å². The van der Waals surface area contributed by atoms with Gasteiger partial charge in [0.2, 0.25) is 0 Å². The molecular weight excluding hydrogens is 276 g/mol. The van der Waals surface area contributed by atoms with E-state index in [1.807, 2.05) is 0 Å². The van der Waals surface area contributed by atoms with Gasteiger partial charge in [-0.25, -0.2) is 13.4 Å². The van der Waals surface area contributed by atoms with Crippen LogP contribution >= 0.6 is 15.9 Å². The molecule has 0 aromatic carbocycles. The lowest BCUT2D eigenvalue weighted by Crippen LogP contribution is -2.01. The molecule has 0 radical (unpaired) electrons. The Morgan fingerprint density at radius 2 is 2.14 bits per heavy atom. The Morgan fingerprint density at radius 3 is 2.57 bits per heavy atom. The number of pyridine rings is 1. The monoisotopic (exact) mass is 280 g/mol. The molecule has 0 atom stereocenters. The van der Waals surface area contributed by atoms with Gasteiger partial charge in [0, 0.05) is 12.3 Å². The number of sulfone groups is 1. The maximum atomic E-state index is 11.1. The smallest absolute Gasteiger partial charge is 0.258 e. The summed E-state index contributed by atoms with van der Waals surface area (Å²) in [6.45, 7) is 0. The van der Waals surface area contributed by atoms with Crippen LogP contribution in [0.15, 0.2) is 21.8 Å². The lowest BCUT2D eigenvalue weighted by Gasteiger charge is -1.99. The minimum Gasteiger partial charge on any atom is -0.258 e. The molecule has 6 nitrogen and oxygen atoms in total. The van der Waals surface area contributed by atoms with E-state index in [9.17, 15) is 18.5 Å². The Kier molecular flexibility index (Phi) is 2.86. The Bertz CT molecular complexity index is 485. The average Bonchev–Trinajstić information content (AvgIpc) is 2.02. The van der Waals surface area contributed by atoms with Crippen LogP contribution in [0.1, 0.15) is 0 Å². The molecule has 8 heteroatoms. The van der Waals surface area contributed by atoms with E-state index in [1.165, 1.54) is 0 Å². The van der Waals surface area contributed by atoms with Crippen molar-refractivity contribution in [2.24, 2.45) is 0 Å². The molecule has 1 rings (SSSR count). The van der Waals surface area contributed by atoms with Crippen molar-refractivity contribution in [3.05, 3.63) is 27.0 Å². The highest BCUT2D eigenvalue weighted by molar-refractivity contribution is 9.10. The summed E-state index contributed by atoms with van der Waals surface area (Å²) in [4.78, 5) is 13.0. The van der Waals surface area contributed by atoms with Crippen molar-refractivity contribution in [3.63, 3.8) is 0 Å². The highest BCUT2D eigenvalue weighted by atomic mass is 79.9. The normalized spacial score (nSPS) is 11.3. The van der Waals surface area contributed by atoms with Crippen molar-refractivity contribution in [2.45, 2.75) is 4.90 Å². The number of rotatable bonds is 2. The first-order chi connectivity index (χ1) is 6.32. The fourth-order valence-electron chi connectivity index (χ4n) is 0.777.